The van der Waals surface area contributed by atoms with Gasteiger partial charge in [-0.1, -0.05) is 18.2 Å². The van der Waals surface area contributed by atoms with Gasteiger partial charge in [0.2, 0.25) is 0 Å². The molecule has 29 heavy (non-hydrogen) atoms. The number of imidazole rings is 1. The molecule has 2 amide bonds. The molecule has 9 heteroatoms. The molecule has 0 unspecified atom stereocenters. The summed E-state index contributed by atoms with van der Waals surface area (Å²) in [5.74, 6) is -0.0198. The number of para-hydroxylation sites is 2. The molecule has 148 valence electrons. The van der Waals surface area contributed by atoms with E-state index < -0.39 is 0 Å². The van der Waals surface area contributed by atoms with Gasteiger partial charge in [-0.05, 0) is 30.0 Å². The van der Waals surface area contributed by atoms with Crippen molar-refractivity contribution in [2.75, 3.05) is 11.9 Å². The van der Waals surface area contributed by atoms with Crippen LogP contribution in [0.25, 0.3) is 11.0 Å². The van der Waals surface area contributed by atoms with Gasteiger partial charge in [-0.3, -0.25) is 14.3 Å². The first-order valence-corrected chi connectivity index (χ1v) is 10.1. The minimum absolute atomic E-state index is 0.220. The van der Waals surface area contributed by atoms with Gasteiger partial charge in [0, 0.05) is 26.2 Å². The Morgan fingerprint density at radius 1 is 1.14 bits per heavy atom. The zero-order valence-electron chi connectivity index (χ0n) is 15.8. The monoisotopic (exact) mass is 408 g/mol. The first-order chi connectivity index (χ1) is 14.1. The molecule has 0 fully saturated rings. The summed E-state index contributed by atoms with van der Waals surface area (Å²) in [7, 11) is 1.69. The minimum atomic E-state index is -0.271. The van der Waals surface area contributed by atoms with Crippen LogP contribution in [0.4, 0.5) is 5.82 Å². The Balaban J connectivity index is 1.30. The molecule has 0 aliphatic carbocycles. The van der Waals surface area contributed by atoms with Gasteiger partial charge < -0.3 is 15.2 Å². The lowest BCUT2D eigenvalue weighted by Gasteiger charge is -2.05. The standard InChI is InChI=1S/C20H20N6O2S/c1-25-18(23-20(28)17-8-4-11-29-17)12-15(24-25)19(27)21-9-5-10-26-13-22-14-6-2-3-7-16(14)26/h2-4,6-8,11-13H,5,9-10H2,1H3,(H,21,27)(H,23,28). The highest BCUT2D eigenvalue weighted by Gasteiger charge is 2.15. The fraction of sp³-hybridized carbons (Fsp3) is 0.200. The van der Waals surface area contributed by atoms with Crippen molar-refractivity contribution in [1.82, 2.24) is 24.6 Å². The van der Waals surface area contributed by atoms with Gasteiger partial charge in [-0.25, -0.2) is 4.98 Å². The number of aryl methyl sites for hydroxylation is 2. The fourth-order valence-electron chi connectivity index (χ4n) is 3.01. The fourth-order valence-corrected chi connectivity index (χ4v) is 3.63. The SMILES string of the molecule is Cn1nc(C(=O)NCCCn2cnc3ccccc32)cc1NC(=O)c1cccs1. The highest BCUT2D eigenvalue weighted by atomic mass is 32.1. The van der Waals surface area contributed by atoms with Crippen LogP contribution in [0.2, 0.25) is 0 Å². The molecule has 0 saturated heterocycles. The lowest BCUT2D eigenvalue weighted by atomic mass is 10.3. The van der Waals surface area contributed by atoms with Crippen molar-refractivity contribution in [1.29, 1.82) is 0 Å². The summed E-state index contributed by atoms with van der Waals surface area (Å²) in [6.45, 7) is 1.27. The smallest absolute Gasteiger partial charge is 0.271 e. The number of fused-ring (bicyclic) bond motifs is 1. The van der Waals surface area contributed by atoms with Crippen LogP contribution >= 0.6 is 11.3 Å². The number of amides is 2. The van der Waals surface area contributed by atoms with Crippen LogP contribution in [-0.2, 0) is 13.6 Å². The molecular weight excluding hydrogens is 388 g/mol. The van der Waals surface area contributed by atoms with E-state index in [1.165, 1.54) is 16.0 Å². The molecule has 8 nitrogen and oxygen atoms in total. The molecular formula is C20H20N6O2S. The number of carbonyl (C=O) groups is 2. The summed E-state index contributed by atoms with van der Waals surface area (Å²) in [5.41, 5.74) is 2.30. The third-order valence-corrected chi connectivity index (χ3v) is 5.36. The Kier molecular flexibility index (Phi) is 5.39. The third-order valence-electron chi connectivity index (χ3n) is 4.49. The minimum Gasteiger partial charge on any atom is -0.351 e. The van der Waals surface area contributed by atoms with Crippen molar-refractivity contribution in [3.63, 3.8) is 0 Å². The number of nitrogens with zero attached hydrogens (tertiary/aromatic N) is 4. The van der Waals surface area contributed by atoms with Gasteiger partial charge >= 0.3 is 0 Å². The highest BCUT2D eigenvalue weighted by molar-refractivity contribution is 7.12. The zero-order valence-corrected chi connectivity index (χ0v) is 16.6. The average molecular weight is 408 g/mol. The first-order valence-electron chi connectivity index (χ1n) is 9.19. The largest absolute Gasteiger partial charge is 0.351 e. The number of hydrogen-bond donors (Lipinski definition) is 2. The van der Waals surface area contributed by atoms with Crippen molar-refractivity contribution < 1.29 is 9.59 Å². The molecule has 3 aromatic heterocycles. The van der Waals surface area contributed by atoms with Crippen molar-refractivity contribution >= 4 is 40.0 Å². The summed E-state index contributed by atoms with van der Waals surface area (Å²) < 4.78 is 3.55. The number of benzene rings is 1. The zero-order chi connectivity index (χ0) is 20.2. The van der Waals surface area contributed by atoms with E-state index in [-0.39, 0.29) is 17.5 Å². The summed E-state index contributed by atoms with van der Waals surface area (Å²) >= 11 is 1.35. The quantitative estimate of drug-likeness (QED) is 0.460. The number of nitrogens with one attached hydrogen (secondary N) is 2. The lowest BCUT2D eigenvalue weighted by molar-refractivity contribution is 0.0946. The Hall–Kier alpha value is -3.46. The van der Waals surface area contributed by atoms with Gasteiger partial charge in [0.1, 0.15) is 5.82 Å². The predicted octanol–water partition coefficient (Wildman–Crippen LogP) is 2.90. The van der Waals surface area contributed by atoms with E-state index >= 15 is 0 Å². The van der Waals surface area contributed by atoms with E-state index in [1.54, 1.807) is 19.2 Å². The van der Waals surface area contributed by atoms with E-state index in [1.807, 2.05) is 42.0 Å². The predicted molar refractivity (Wildman–Crippen MR) is 112 cm³/mol. The molecule has 0 radical (unpaired) electrons. The number of hydrogen-bond acceptors (Lipinski definition) is 5. The first kappa shape index (κ1) is 18.9. The molecule has 0 saturated carbocycles. The van der Waals surface area contributed by atoms with E-state index in [0.717, 1.165) is 24.0 Å². The number of thiophene rings is 1. The summed E-state index contributed by atoms with van der Waals surface area (Å²) in [6.07, 6.45) is 2.58. The molecule has 0 aliphatic heterocycles. The Morgan fingerprint density at radius 3 is 2.83 bits per heavy atom. The molecule has 0 atom stereocenters. The molecule has 3 heterocycles. The Labute approximate surface area is 171 Å². The van der Waals surface area contributed by atoms with Crippen LogP contribution in [0.1, 0.15) is 26.6 Å². The second-order valence-corrected chi connectivity index (χ2v) is 7.45. The van der Waals surface area contributed by atoms with Gasteiger partial charge in [0.25, 0.3) is 11.8 Å². The summed E-state index contributed by atoms with van der Waals surface area (Å²) in [5, 5.41) is 11.7. The highest BCUT2D eigenvalue weighted by Crippen LogP contribution is 2.15. The van der Waals surface area contributed by atoms with Crippen LogP contribution < -0.4 is 10.6 Å². The van der Waals surface area contributed by atoms with E-state index in [2.05, 4.69) is 25.3 Å². The van der Waals surface area contributed by atoms with Gasteiger partial charge in [-0.2, -0.15) is 5.10 Å². The number of anilines is 1. The molecule has 4 aromatic rings. The van der Waals surface area contributed by atoms with E-state index in [9.17, 15) is 9.59 Å². The maximum Gasteiger partial charge on any atom is 0.271 e. The molecule has 1 aromatic carbocycles. The molecule has 0 bridgehead atoms. The maximum atomic E-state index is 12.4. The topological polar surface area (TPSA) is 93.8 Å². The van der Waals surface area contributed by atoms with Crippen LogP contribution in [0.15, 0.2) is 54.2 Å². The number of aromatic nitrogens is 4. The van der Waals surface area contributed by atoms with E-state index in [0.29, 0.717) is 17.2 Å². The number of rotatable bonds is 7. The van der Waals surface area contributed by atoms with Crippen LogP contribution in [0.5, 0.6) is 0 Å². The van der Waals surface area contributed by atoms with E-state index in [4.69, 9.17) is 0 Å². The van der Waals surface area contributed by atoms with Crippen molar-refractivity contribution in [3.8, 4) is 0 Å². The summed E-state index contributed by atoms with van der Waals surface area (Å²) in [6, 6.07) is 13.1. The van der Waals surface area contributed by atoms with Gasteiger partial charge in [0.05, 0.1) is 22.2 Å². The van der Waals surface area contributed by atoms with Gasteiger partial charge in [0.15, 0.2) is 5.69 Å². The van der Waals surface area contributed by atoms with Crippen LogP contribution in [-0.4, -0.2) is 37.7 Å². The third kappa shape index (κ3) is 4.19. The Bertz CT molecular complexity index is 1150. The summed E-state index contributed by atoms with van der Waals surface area (Å²) in [4.78, 5) is 29.5. The van der Waals surface area contributed by atoms with Crippen LogP contribution in [0.3, 0.4) is 0 Å². The second-order valence-electron chi connectivity index (χ2n) is 6.51. The molecule has 4 rings (SSSR count). The van der Waals surface area contributed by atoms with Gasteiger partial charge in [-0.15, -0.1) is 11.3 Å². The van der Waals surface area contributed by atoms with Crippen molar-refractivity contribution in [3.05, 3.63) is 64.7 Å². The molecule has 0 spiro atoms. The Morgan fingerprint density at radius 2 is 2.00 bits per heavy atom. The lowest BCUT2D eigenvalue weighted by Crippen LogP contribution is -2.25. The molecule has 2 N–H and O–H groups in total. The maximum absolute atomic E-state index is 12.4. The van der Waals surface area contributed by atoms with Crippen molar-refractivity contribution in [2.24, 2.45) is 7.05 Å². The average Bonchev–Trinajstić information content (AvgIpc) is 3.46. The second kappa shape index (κ2) is 8.27. The van der Waals surface area contributed by atoms with Crippen molar-refractivity contribution in [2.45, 2.75) is 13.0 Å². The normalized spacial score (nSPS) is 10.9. The molecule has 0 aliphatic rings. The van der Waals surface area contributed by atoms with Crippen LogP contribution in [0, 0.1) is 0 Å². The number of carbonyl (C=O) groups excluding carboxylic acids is 2.